The molecule has 0 spiro atoms. The first-order chi connectivity index (χ1) is 10.2. The van der Waals surface area contributed by atoms with Gasteiger partial charge in [0.1, 0.15) is 0 Å². The monoisotopic (exact) mass is 276 g/mol. The van der Waals surface area contributed by atoms with Crippen LogP contribution in [0.2, 0.25) is 0 Å². The number of terminal acetylenes is 1. The first kappa shape index (κ1) is 13.3. The van der Waals surface area contributed by atoms with Gasteiger partial charge in [0, 0.05) is 30.3 Å². The lowest BCUT2D eigenvalue weighted by atomic mass is 10.0. The smallest absolute Gasteiger partial charge is 0.228 e. The Kier molecular flexibility index (Phi) is 3.37. The summed E-state index contributed by atoms with van der Waals surface area (Å²) in [6, 6.07) is 15.7. The molecular formula is C18H16N2O. The van der Waals surface area contributed by atoms with Crippen molar-refractivity contribution in [3.8, 4) is 23.5 Å². The lowest BCUT2D eigenvalue weighted by Gasteiger charge is -2.16. The van der Waals surface area contributed by atoms with Crippen LogP contribution in [0.1, 0.15) is 6.42 Å². The van der Waals surface area contributed by atoms with E-state index in [0.717, 1.165) is 22.5 Å². The molecule has 0 saturated carbocycles. The predicted octanol–water partition coefficient (Wildman–Crippen LogP) is 2.92. The van der Waals surface area contributed by atoms with Crippen molar-refractivity contribution in [3.05, 3.63) is 48.5 Å². The number of rotatable bonds is 2. The molecule has 1 amide bonds. The van der Waals surface area contributed by atoms with Crippen LogP contribution in [0.15, 0.2) is 48.5 Å². The average Bonchev–Trinajstić information content (AvgIpc) is 2.89. The van der Waals surface area contributed by atoms with Crippen molar-refractivity contribution in [2.45, 2.75) is 6.42 Å². The van der Waals surface area contributed by atoms with Crippen molar-refractivity contribution in [2.24, 2.45) is 5.92 Å². The Bertz CT molecular complexity index is 695. The number of anilines is 2. The lowest BCUT2D eigenvalue weighted by Crippen LogP contribution is -2.24. The van der Waals surface area contributed by atoms with Gasteiger partial charge >= 0.3 is 0 Å². The van der Waals surface area contributed by atoms with Crippen LogP contribution in [0.3, 0.4) is 0 Å². The molecule has 1 aliphatic rings. The largest absolute Gasteiger partial charge is 0.399 e. The molecule has 0 bridgehead atoms. The molecular weight excluding hydrogens is 260 g/mol. The molecule has 3 rings (SSSR count). The van der Waals surface area contributed by atoms with Crippen molar-refractivity contribution in [1.82, 2.24) is 0 Å². The topological polar surface area (TPSA) is 46.3 Å². The van der Waals surface area contributed by atoms with Gasteiger partial charge in [-0.1, -0.05) is 24.3 Å². The Labute approximate surface area is 124 Å². The number of carbonyl (C=O) groups excluding carboxylic acids is 1. The Morgan fingerprint density at radius 2 is 1.62 bits per heavy atom. The third-order valence-corrected chi connectivity index (χ3v) is 3.78. The Morgan fingerprint density at radius 1 is 1.05 bits per heavy atom. The fraction of sp³-hybridized carbons (Fsp3) is 0.167. The molecule has 1 aliphatic heterocycles. The SMILES string of the molecule is C#CC1CC(=O)N(c2ccc(-c3ccc(N)cc3)cc2)C1. The second kappa shape index (κ2) is 5.34. The molecule has 0 aliphatic carbocycles. The van der Waals surface area contributed by atoms with Crippen LogP contribution in [0.4, 0.5) is 11.4 Å². The first-order valence-corrected chi connectivity index (χ1v) is 6.90. The van der Waals surface area contributed by atoms with E-state index in [1.165, 1.54) is 0 Å². The molecule has 21 heavy (non-hydrogen) atoms. The highest BCUT2D eigenvalue weighted by Crippen LogP contribution is 2.28. The van der Waals surface area contributed by atoms with E-state index in [9.17, 15) is 4.79 Å². The zero-order chi connectivity index (χ0) is 14.8. The third-order valence-electron chi connectivity index (χ3n) is 3.78. The van der Waals surface area contributed by atoms with E-state index in [-0.39, 0.29) is 11.8 Å². The molecule has 1 fully saturated rings. The van der Waals surface area contributed by atoms with E-state index in [4.69, 9.17) is 12.2 Å². The van der Waals surface area contributed by atoms with Crippen LogP contribution in [0.25, 0.3) is 11.1 Å². The van der Waals surface area contributed by atoms with Crippen molar-refractivity contribution in [1.29, 1.82) is 0 Å². The maximum atomic E-state index is 12.0. The summed E-state index contributed by atoms with van der Waals surface area (Å²) in [5.74, 6) is 2.78. The molecule has 3 heteroatoms. The standard InChI is InChI=1S/C18H16N2O/c1-2-13-11-18(21)20(12-13)17-9-5-15(6-10-17)14-3-7-16(19)8-4-14/h1,3-10,13H,11-12,19H2. The van der Waals surface area contributed by atoms with Gasteiger partial charge in [-0.2, -0.15) is 0 Å². The molecule has 104 valence electrons. The molecule has 1 heterocycles. The van der Waals surface area contributed by atoms with Crippen LogP contribution in [0.5, 0.6) is 0 Å². The van der Waals surface area contributed by atoms with Crippen LogP contribution in [-0.2, 0) is 4.79 Å². The molecule has 1 atom stereocenters. The third kappa shape index (κ3) is 2.61. The Morgan fingerprint density at radius 3 is 2.14 bits per heavy atom. The number of nitrogens with zero attached hydrogens (tertiary/aromatic N) is 1. The second-order valence-electron chi connectivity index (χ2n) is 5.24. The molecule has 0 radical (unpaired) electrons. The molecule has 2 aromatic rings. The van der Waals surface area contributed by atoms with E-state index in [1.807, 2.05) is 48.5 Å². The van der Waals surface area contributed by atoms with Gasteiger partial charge < -0.3 is 10.6 Å². The Balaban J connectivity index is 1.83. The van der Waals surface area contributed by atoms with Crippen molar-refractivity contribution >= 4 is 17.3 Å². The Hall–Kier alpha value is -2.73. The number of carbonyl (C=O) groups is 1. The molecule has 0 aromatic heterocycles. The maximum absolute atomic E-state index is 12.0. The van der Waals surface area contributed by atoms with Gasteiger partial charge in [0.2, 0.25) is 5.91 Å². The number of nitrogen functional groups attached to an aromatic ring is 1. The van der Waals surface area contributed by atoms with Crippen LogP contribution >= 0.6 is 0 Å². The maximum Gasteiger partial charge on any atom is 0.228 e. The highest BCUT2D eigenvalue weighted by atomic mass is 16.2. The predicted molar refractivity (Wildman–Crippen MR) is 85.6 cm³/mol. The van der Waals surface area contributed by atoms with Gasteiger partial charge in [0.15, 0.2) is 0 Å². The van der Waals surface area contributed by atoms with Crippen molar-refractivity contribution in [3.63, 3.8) is 0 Å². The summed E-state index contributed by atoms with van der Waals surface area (Å²) >= 11 is 0. The van der Waals surface area contributed by atoms with Gasteiger partial charge in [-0.25, -0.2) is 0 Å². The number of amides is 1. The quantitative estimate of drug-likeness (QED) is 0.677. The number of benzene rings is 2. The number of nitrogens with two attached hydrogens (primary N) is 1. The highest BCUT2D eigenvalue weighted by Gasteiger charge is 2.29. The minimum absolute atomic E-state index is 0.0225. The van der Waals surface area contributed by atoms with Gasteiger partial charge in [0.05, 0.1) is 0 Å². The normalized spacial score (nSPS) is 17.8. The molecule has 1 saturated heterocycles. The van der Waals surface area contributed by atoms with E-state index < -0.39 is 0 Å². The van der Waals surface area contributed by atoms with Gasteiger partial charge in [-0.05, 0) is 35.4 Å². The lowest BCUT2D eigenvalue weighted by molar-refractivity contribution is -0.117. The minimum Gasteiger partial charge on any atom is -0.399 e. The van der Waals surface area contributed by atoms with Crippen molar-refractivity contribution in [2.75, 3.05) is 17.2 Å². The zero-order valence-electron chi connectivity index (χ0n) is 11.6. The number of hydrogen-bond donors (Lipinski definition) is 1. The molecule has 2 aromatic carbocycles. The highest BCUT2D eigenvalue weighted by molar-refractivity contribution is 5.96. The van der Waals surface area contributed by atoms with Gasteiger partial charge in [-0.3, -0.25) is 4.79 Å². The van der Waals surface area contributed by atoms with E-state index >= 15 is 0 Å². The van der Waals surface area contributed by atoms with Gasteiger partial charge in [-0.15, -0.1) is 12.3 Å². The molecule has 3 nitrogen and oxygen atoms in total. The summed E-state index contributed by atoms with van der Waals surface area (Å²) < 4.78 is 0. The minimum atomic E-state index is 0.0225. The fourth-order valence-electron chi connectivity index (χ4n) is 2.58. The fourth-order valence-corrected chi connectivity index (χ4v) is 2.58. The van der Waals surface area contributed by atoms with E-state index in [2.05, 4.69) is 5.92 Å². The number of hydrogen-bond acceptors (Lipinski definition) is 2. The summed E-state index contributed by atoms with van der Waals surface area (Å²) in [5.41, 5.74) is 9.54. The molecule has 2 N–H and O–H groups in total. The average molecular weight is 276 g/mol. The van der Waals surface area contributed by atoms with Gasteiger partial charge in [0.25, 0.3) is 0 Å². The zero-order valence-corrected chi connectivity index (χ0v) is 11.6. The second-order valence-corrected chi connectivity index (χ2v) is 5.24. The molecule has 1 unspecified atom stereocenters. The first-order valence-electron chi connectivity index (χ1n) is 6.90. The summed E-state index contributed by atoms with van der Waals surface area (Å²) in [6.45, 7) is 0.608. The summed E-state index contributed by atoms with van der Waals surface area (Å²) in [5, 5.41) is 0. The van der Waals surface area contributed by atoms with E-state index in [1.54, 1.807) is 4.90 Å². The van der Waals surface area contributed by atoms with E-state index in [0.29, 0.717) is 13.0 Å². The van der Waals surface area contributed by atoms with Crippen molar-refractivity contribution < 1.29 is 4.79 Å². The summed E-state index contributed by atoms with van der Waals surface area (Å²) in [4.78, 5) is 13.7. The van der Waals surface area contributed by atoms with Crippen LogP contribution in [-0.4, -0.2) is 12.5 Å². The summed E-state index contributed by atoms with van der Waals surface area (Å²) in [6.07, 6.45) is 5.85. The van der Waals surface area contributed by atoms with Crippen LogP contribution < -0.4 is 10.6 Å². The van der Waals surface area contributed by atoms with Crippen LogP contribution in [0, 0.1) is 18.3 Å². The summed E-state index contributed by atoms with van der Waals surface area (Å²) in [7, 11) is 0.